The number of benzene rings is 1. The van der Waals surface area contributed by atoms with E-state index in [0.29, 0.717) is 6.10 Å². The Labute approximate surface area is 127 Å². The van der Waals surface area contributed by atoms with Crippen LogP contribution in [0, 0.1) is 0 Å². The standard InChI is InChI=1S/C17H27NOS/c1-20-17-10-8-15(9-11-17)14-18-12-5-13-19-16-6-3-2-4-7-16/h8-11,16,18H,2-7,12-14H2,1H3. The molecule has 3 heteroatoms. The maximum Gasteiger partial charge on any atom is 0.0575 e. The van der Waals surface area contributed by atoms with Gasteiger partial charge >= 0.3 is 0 Å². The molecule has 1 saturated carbocycles. The van der Waals surface area contributed by atoms with Gasteiger partial charge in [0.2, 0.25) is 0 Å². The lowest BCUT2D eigenvalue weighted by Gasteiger charge is -2.21. The molecule has 1 aromatic carbocycles. The first kappa shape index (κ1) is 15.9. The molecule has 2 nitrogen and oxygen atoms in total. The van der Waals surface area contributed by atoms with Crippen molar-refractivity contribution < 1.29 is 4.74 Å². The molecule has 1 N–H and O–H groups in total. The molecule has 1 aromatic rings. The Morgan fingerprint density at radius 3 is 2.60 bits per heavy atom. The highest BCUT2D eigenvalue weighted by molar-refractivity contribution is 7.98. The minimum atomic E-state index is 0.544. The molecule has 0 unspecified atom stereocenters. The third-order valence-electron chi connectivity index (χ3n) is 3.89. The molecule has 1 fully saturated rings. The molecule has 0 amide bonds. The van der Waals surface area contributed by atoms with Crippen molar-refractivity contribution in [2.24, 2.45) is 0 Å². The van der Waals surface area contributed by atoms with E-state index in [1.54, 1.807) is 11.8 Å². The first-order chi connectivity index (χ1) is 9.88. The van der Waals surface area contributed by atoms with Crippen molar-refractivity contribution >= 4 is 11.8 Å². The normalized spacial score (nSPS) is 16.4. The van der Waals surface area contributed by atoms with Crippen molar-refractivity contribution in [3.8, 4) is 0 Å². The van der Waals surface area contributed by atoms with Gasteiger partial charge in [0, 0.05) is 18.0 Å². The Balaban J connectivity index is 1.50. The number of hydrogen-bond acceptors (Lipinski definition) is 3. The largest absolute Gasteiger partial charge is 0.378 e. The molecule has 0 bridgehead atoms. The summed E-state index contributed by atoms with van der Waals surface area (Å²) in [6.45, 7) is 2.90. The predicted molar refractivity (Wildman–Crippen MR) is 87.4 cm³/mol. The van der Waals surface area contributed by atoms with Gasteiger partial charge < -0.3 is 10.1 Å². The van der Waals surface area contributed by atoms with Gasteiger partial charge in [-0.1, -0.05) is 31.4 Å². The molecule has 2 rings (SSSR count). The lowest BCUT2D eigenvalue weighted by molar-refractivity contribution is 0.0273. The lowest BCUT2D eigenvalue weighted by Crippen LogP contribution is -2.20. The van der Waals surface area contributed by atoms with Gasteiger partial charge in [-0.2, -0.15) is 0 Å². The highest BCUT2D eigenvalue weighted by atomic mass is 32.2. The van der Waals surface area contributed by atoms with Crippen LogP contribution in [0.15, 0.2) is 29.2 Å². The zero-order valence-corrected chi connectivity index (χ0v) is 13.4. The fourth-order valence-electron chi connectivity index (χ4n) is 2.66. The number of nitrogens with one attached hydrogen (secondary N) is 1. The van der Waals surface area contributed by atoms with Crippen LogP contribution in [-0.2, 0) is 11.3 Å². The van der Waals surface area contributed by atoms with Crippen LogP contribution in [0.25, 0.3) is 0 Å². The van der Waals surface area contributed by atoms with Crippen molar-refractivity contribution in [2.45, 2.75) is 56.1 Å². The molecule has 0 aromatic heterocycles. The molecule has 20 heavy (non-hydrogen) atoms. The molecule has 112 valence electrons. The van der Waals surface area contributed by atoms with Gasteiger partial charge in [-0.3, -0.25) is 0 Å². The Kier molecular flexibility index (Phi) is 7.48. The van der Waals surface area contributed by atoms with Gasteiger partial charge in [0.05, 0.1) is 6.10 Å². The van der Waals surface area contributed by atoms with Crippen LogP contribution >= 0.6 is 11.8 Å². The molecule has 1 aliphatic carbocycles. The van der Waals surface area contributed by atoms with Crippen LogP contribution in [0.1, 0.15) is 44.1 Å². The molecule has 0 radical (unpaired) electrons. The molecule has 0 spiro atoms. The summed E-state index contributed by atoms with van der Waals surface area (Å²) in [7, 11) is 0. The minimum absolute atomic E-state index is 0.544. The van der Waals surface area contributed by atoms with Crippen molar-refractivity contribution in [3.05, 3.63) is 29.8 Å². The third kappa shape index (κ3) is 5.86. The zero-order chi connectivity index (χ0) is 14.0. The monoisotopic (exact) mass is 293 g/mol. The number of ether oxygens (including phenoxy) is 1. The molecule has 0 heterocycles. The quantitative estimate of drug-likeness (QED) is 0.572. The average Bonchev–Trinajstić information content (AvgIpc) is 2.52. The lowest BCUT2D eigenvalue weighted by atomic mass is 9.98. The maximum atomic E-state index is 5.92. The smallest absolute Gasteiger partial charge is 0.0575 e. The Bertz CT molecular complexity index is 360. The molecule has 0 atom stereocenters. The predicted octanol–water partition coefficient (Wildman–Crippen LogP) is 4.24. The summed E-state index contributed by atoms with van der Waals surface area (Å²) in [6, 6.07) is 8.79. The summed E-state index contributed by atoms with van der Waals surface area (Å²) in [5.74, 6) is 0. The molecule has 0 aliphatic heterocycles. The van der Waals surface area contributed by atoms with Crippen molar-refractivity contribution in [1.29, 1.82) is 0 Å². The summed E-state index contributed by atoms with van der Waals surface area (Å²) in [6.07, 6.45) is 10.4. The van der Waals surface area contributed by atoms with E-state index in [2.05, 4.69) is 35.8 Å². The highest BCUT2D eigenvalue weighted by Gasteiger charge is 2.12. The van der Waals surface area contributed by atoms with E-state index in [1.165, 1.54) is 42.6 Å². The summed E-state index contributed by atoms with van der Waals surface area (Å²) in [5.41, 5.74) is 1.36. The van der Waals surface area contributed by atoms with Crippen molar-refractivity contribution in [2.75, 3.05) is 19.4 Å². The van der Waals surface area contributed by atoms with Gasteiger partial charge in [-0.05, 0) is 49.8 Å². The SMILES string of the molecule is CSc1ccc(CNCCCOC2CCCCC2)cc1. The van der Waals surface area contributed by atoms with E-state index in [-0.39, 0.29) is 0 Å². The first-order valence-corrected chi connectivity index (χ1v) is 9.06. The summed E-state index contributed by atoms with van der Waals surface area (Å²) >= 11 is 1.79. The second-order valence-electron chi connectivity index (χ2n) is 5.51. The van der Waals surface area contributed by atoms with Crippen molar-refractivity contribution in [1.82, 2.24) is 5.32 Å². The van der Waals surface area contributed by atoms with E-state index in [4.69, 9.17) is 4.74 Å². The third-order valence-corrected chi connectivity index (χ3v) is 4.64. The van der Waals surface area contributed by atoms with E-state index in [1.807, 2.05) is 0 Å². The minimum Gasteiger partial charge on any atom is -0.378 e. The first-order valence-electron chi connectivity index (χ1n) is 7.84. The zero-order valence-electron chi connectivity index (χ0n) is 12.6. The van der Waals surface area contributed by atoms with E-state index >= 15 is 0 Å². The topological polar surface area (TPSA) is 21.3 Å². The molecule has 0 saturated heterocycles. The van der Waals surface area contributed by atoms with Crippen LogP contribution in [0.3, 0.4) is 0 Å². The Morgan fingerprint density at radius 2 is 1.90 bits per heavy atom. The van der Waals surface area contributed by atoms with Gasteiger partial charge in [0.25, 0.3) is 0 Å². The fraction of sp³-hybridized carbons (Fsp3) is 0.647. The summed E-state index contributed by atoms with van der Waals surface area (Å²) < 4.78 is 5.92. The fourth-order valence-corrected chi connectivity index (χ4v) is 3.06. The van der Waals surface area contributed by atoms with Gasteiger partial charge in [0.15, 0.2) is 0 Å². The van der Waals surface area contributed by atoms with Crippen LogP contribution in [0.5, 0.6) is 0 Å². The van der Waals surface area contributed by atoms with Gasteiger partial charge in [0.1, 0.15) is 0 Å². The van der Waals surface area contributed by atoms with Crippen LogP contribution in [0.4, 0.5) is 0 Å². The number of rotatable bonds is 8. The van der Waals surface area contributed by atoms with Gasteiger partial charge in [-0.15, -0.1) is 11.8 Å². The van der Waals surface area contributed by atoms with Crippen LogP contribution < -0.4 is 5.32 Å². The second-order valence-corrected chi connectivity index (χ2v) is 6.39. The second kappa shape index (κ2) is 9.43. The van der Waals surface area contributed by atoms with E-state index in [9.17, 15) is 0 Å². The van der Waals surface area contributed by atoms with E-state index < -0.39 is 0 Å². The summed E-state index contributed by atoms with van der Waals surface area (Å²) in [5, 5.41) is 3.49. The Hall–Kier alpha value is -0.510. The van der Waals surface area contributed by atoms with Crippen LogP contribution in [-0.4, -0.2) is 25.5 Å². The number of thioether (sulfide) groups is 1. The van der Waals surface area contributed by atoms with Crippen LogP contribution in [0.2, 0.25) is 0 Å². The van der Waals surface area contributed by atoms with Gasteiger partial charge in [-0.25, -0.2) is 0 Å². The molecular weight excluding hydrogens is 266 g/mol. The highest BCUT2D eigenvalue weighted by Crippen LogP contribution is 2.20. The Morgan fingerprint density at radius 1 is 1.15 bits per heavy atom. The number of hydrogen-bond donors (Lipinski definition) is 1. The molecular formula is C17H27NOS. The summed E-state index contributed by atoms with van der Waals surface area (Å²) in [4.78, 5) is 1.33. The molecule has 1 aliphatic rings. The van der Waals surface area contributed by atoms with Crippen molar-refractivity contribution in [3.63, 3.8) is 0 Å². The average molecular weight is 293 g/mol. The maximum absolute atomic E-state index is 5.92. The van der Waals surface area contributed by atoms with E-state index in [0.717, 1.165) is 26.1 Å².